The van der Waals surface area contributed by atoms with Crippen LogP contribution in [-0.4, -0.2) is 53.2 Å². The first-order valence-corrected chi connectivity index (χ1v) is 7.99. The van der Waals surface area contributed by atoms with Crippen molar-refractivity contribution in [3.05, 3.63) is 0 Å². The van der Waals surface area contributed by atoms with Crippen molar-refractivity contribution in [2.45, 2.75) is 63.8 Å². The molecule has 1 heterocycles. The smallest absolute Gasteiger partial charge is 0.320 e. The van der Waals surface area contributed by atoms with Gasteiger partial charge in [0.15, 0.2) is 0 Å². The average Bonchev–Trinajstić information content (AvgIpc) is 2.74. The Labute approximate surface area is 116 Å². The highest BCUT2D eigenvalue weighted by molar-refractivity contribution is 5.74. The van der Waals surface area contributed by atoms with E-state index in [2.05, 4.69) is 0 Å². The van der Waals surface area contributed by atoms with Crippen LogP contribution in [0.15, 0.2) is 0 Å². The zero-order valence-corrected chi connectivity index (χ0v) is 12.0. The Hall–Kier alpha value is -0.770. The molecule has 0 aromatic rings. The van der Waals surface area contributed by atoms with E-state index in [0.717, 1.165) is 38.8 Å². The summed E-state index contributed by atoms with van der Waals surface area (Å²) in [7, 11) is 0. The van der Waals surface area contributed by atoms with Crippen molar-refractivity contribution < 1.29 is 9.90 Å². The number of rotatable bonds is 3. The summed E-state index contributed by atoms with van der Waals surface area (Å²) in [6.45, 7) is 2.37. The first-order chi connectivity index (χ1) is 9.33. The molecule has 2 aliphatic rings. The van der Waals surface area contributed by atoms with Gasteiger partial charge in [-0.2, -0.15) is 0 Å². The summed E-state index contributed by atoms with van der Waals surface area (Å²) in [6, 6.07) is 0.527. The zero-order valence-electron chi connectivity index (χ0n) is 12.0. The Morgan fingerprint density at radius 3 is 2.16 bits per heavy atom. The van der Waals surface area contributed by atoms with E-state index in [1.165, 1.54) is 32.1 Å². The number of aliphatic hydroxyl groups excluding tert-OH is 1. The fraction of sp³-hybridized carbons (Fsp3) is 0.933. The highest BCUT2D eigenvalue weighted by Crippen LogP contribution is 2.24. The van der Waals surface area contributed by atoms with Crippen LogP contribution in [-0.2, 0) is 0 Å². The lowest BCUT2D eigenvalue weighted by Gasteiger charge is -2.37. The first-order valence-electron chi connectivity index (χ1n) is 7.99. The molecular weight excluding hydrogens is 240 g/mol. The summed E-state index contributed by atoms with van der Waals surface area (Å²) >= 11 is 0. The molecule has 0 spiro atoms. The Morgan fingerprint density at radius 2 is 1.58 bits per heavy atom. The third kappa shape index (κ3) is 4.10. The number of carbonyl (C=O) groups is 1. The zero-order chi connectivity index (χ0) is 13.5. The molecule has 1 N–H and O–H groups in total. The third-order valence-electron chi connectivity index (χ3n) is 4.48. The highest BCUT2D eigenvalue weighted by atomic mass is 16.3. The molecule has 4 nitrogen and oxygen atoms in total. The molecule has 0 aromatic heterocycles. The minimum Gasteiger partial charge on any atom is -0.395 e. The van der Waals surface area contributed by atoms with E-state index >= 15 is 0 Å². The first kappa shape index (κ1) is 14.6. The highest BCUT2D eigenvalue weighted by Gasteiger charge is 2.28. The van der Waals surface area contributed by atoms with E-state index < -0.39 is 0 Å². The van der Waals surface area contributed by atoms with Gasteiger partial charge in [-0.05, 0) is 25.7 Å². The summed E-state index contributed by atoms with van der Waals surface area (Å²) in [4.78, 5) is 16.6. The SMILES string of the molecule is O=C(N1CCCCCC1)N(CCO)C1CCCCC1. The molecule has 1 saturated carbocycles. The molecule has 2 fully saturated rings. The summed E-state index contributed by atoms with van der Waals surface area (Å²) in [5.74, 6) is 0. The van der Waals surface area contributed by atoms with Crippen LogP contribution in [0.3, 0.4) is 0 Å². The maximum atomic E-state index is 12.7. The van der Waals surface area contributed by atoms with Gasteiger partial charge in [-0.3, -0.25) is 0 Å². The molecule has 0 bridgehead atoms. The molecule has 2 amide bonds. The van der Waals surface area contributed by atoms with Gasteiger partial charge in [0.25, 0.3) is 0 Å². The molecule has 1 saturated heterocycles. The molecule has 0 unspecified atom stereocenters. The van der Waals surface area contributed by atoms with Crippen molar-refractivity contribution in [1.29, 1.82) is 0 Å². The number of carbonyl (C=O) groups excluding carboxylic acids is 1. The van der Waals surface area contributed by atoms with Gasteiger partial charge in [-0.15, -0.1) is 0 Å². The van der Waals surface area contributed by atoms with E-state index in [9.17, 15) is 9.90 Å². The van der Waals surface area contributed by atoms with Crippen molar-refractivity contribution >= 4 is 6.03 Å². The number of nitrogens with zero attached hydrogens (tertiary/aromatic N) is 2. The average molecular weight is 268 g/mol. The monoisotopic (exact) mass is 268 g/mol. The van der Waals surface area contributed by atoms with E-state index in [1.54, 1.807) is 0 Å². The van der Waals surface area contributed by atoms with Gasteiger partial charge < -0.3 is 14.9 Å². The van der Waals surface area contributed by atoms with Crippen LogP contribution in [0.1, 0.15) is 57.8 Å². The maximum Gasteiger partial charge on any atom is 0.320 e. The molecule has 0 aromatic carbocycles. The standard InChI is InChI=1S/C15H28N2O2/c18-13-12-17(14-8-4-3-5-9-14)15(19)16-10-6-1-2-7-11-16/h14,18H,1-13H2. The van der Waals surface area contributed by atoms with Crippen LogP contribution in [0.25, 0.3) is 0 Å². The van der Waals surface area contributed by atoms with E-state index in [4.69, 9.17) is 0 Å². The van der Waals surface area contributed by atoms with Crippen molar-refractivity contribution in [3.8, 4) is 0 Å². The summed E-state index contributed by atoms with van der Waals surface area (Å²) in [6.07, 6.45) is 10.7. The van der Waals surface area contributed by atoms with E-state index in [1.807, 2.05) is 9.80 Å². The Morgan fingerprint density at radius 1 is 1.00 bits per heavy atom. The van der Waals surface area contributed by atoms with Gasteiger partial charge in [0.1, 0.15) is 0 Å². The number of likely N-dealkylation sites (tertiary alicyclic amines) is 1. The second-order valence-electron chi connectivity index (χ2n) is 5.89. The lowest BCUT2D eigenvalue weighted by atomic mass is 9.94. The van der Waals surface area contributed by atoms with Gasteiger partial charge in [0.2, 0.25) is 0 Å². The lowest BCUT2D eigenvalue weighted by Crippen LogP contribution is -2.50. The van der Waals surface area contributed by atoms with Gasteiger partial charge >= 0.3 is 6.03 Å². The largest absolute Gasteiger partial charge is 0.395 e. The summed E-state index contributed by atoms with van der Waals surface area (Å²) in [5.41, 5.74) is 0. The second kappa shape index (κ2) is 7.73. The quantitative estimate of drug-likeness (QED) is 0.855. The Balaban J connectivity index is 1.97. The molecule has 110 valence electrons. The maximum absolute atomic E-state index is 12.7. The summed E-state index contributed by atoms with van der Waals surface area (Å²) in [5, 5.41) is 9.26. The van der Waals surface area contributed by atoms with Crippen LogP contribution in [0.2, 0.25) is 0 Å². The van der Waals surface area contributed by atoms with Crippen molar-refractivity contribution in [3.63, 3.8) is 0 Å². The van der Waals surface area contributed by atoms with Crippen molar-refractivity contribution in [2.75, 3.05) is 26.2 Å². The van der Waals surface area contributed by atoms with Crippen LogP contribution in [0, 0.1) is 0 Å². The number of hydrogen-bond acceptors (Lipinski definition) is 2. The minimum atomic E-state index is 0.0794. The second-order valence-corrected chi connectivity index (χ2v) is 5.89. The van der Waals surface area contributed by atoms with Gasteiger partial charge in [-0.25, -0.2) is 4.79 Å². The number of hydrogen-bond donors (Lipinski definition) is 1. The predicted octanol–water partition coefficient (Wildman–Crippen LogP) is 2.61. The number of urea groups is 1. The lowest BCUT2D eigenvalue weighted by molar-refractivity contribution is 0.106. The van der Waals surface area contributed by atoms with Crippen LogP contribution < -0.4 is 0 Å². The molecule has 0 atom stereocenters. The van der Waals surface area contributed by atoms with Crippen LogP contribution in [0.4, 0.5) is 4.79 Å². The normalized spacial score (nSPS) is 22.1. The molecule has 1 aliphatic heterocycles. The van der Waals surface area contributed by atoms with Crippen molar-refractivity contribution in [1.82, 2.24) is 9.80 Å². The van der Waals surface area contributed by atoms with Gasteiger partial charge in [0.05, 0.1) is 6.61 Å². The molecular formula is C15H28N2O2. The molecule has 4 heteroatoms. The fourth-order valence-electron chi connectivity index (χ4n) is 3.38. The van der Waals surface area contributed by atoms with Crippen molar-refractivity contribution in [2.24, 2.45) is 0 Å². The van der Waals surface area contributed by atoms with Gasteiger partial charge in [-0.1, -0.05) is 32.1 Å². The minimum absolute atomic E-state index is 0.0794. The predicted molar refractivity (Wildman–Crippen MR) is 76.1 cm³/mol. The van der Waals surface area contributed by atoms with E-state index in [-0.39, 0.29) is 12.6 Å². The topological polar surface area (TPSA) is 43.8 Å². The summed E-state index contributed by atoms with van der Waals surface area (Å²) < 4.78 is 0. The third-order valence-corrected chi connectivity index (χ3v) is 4.48. The number of aliphatic hydroxyl groups is 1. The molecule has 0 radical (unpaired) electrons. The molecule has 2 rings (SSSR count). The van der Waals surface area contributed by atoms with Crippen LogP contribution >= 0.6 is 0 Å². The van der Waals surface area contributed by atoms with E-state index in [0.29, 0.717) is 12.6 Å². The van der Waals surface area contributed by atoms with Gasteiger partial charge in [0, 0.05) is 25.7 Å². The molecule has 19 heavy (non-hydrogen) atoms. The van der Waals surface area contributed by atoms with Crippen LogP contribution in [0.5, 0.6) is 0 Å². The Bertz CT molecular complexity index is 269. The Kier molecular flexibility index (Phi) is 5.95. The number of amides is 2. The fourth-order valence-corrected chi connectivity index (χ4v) is 3.38. The molecule has 1 aliphatic carbocycles.